The quantitative estimate of drug-likeness (QED) is 0.928. The van der Waals surface area contributed by atoms with Crippen LogP contribution >= 0.6 is 15.9 Å². The molecule has 0 atom stereocenters. The first-order valence-electron chi connectivity index (χ1n) is 4.91. The number of anilines is 1. The summed E-state index contributed by atoms with van der Waals surface area (Å²) >= 11 is 2.97. The first-order chi connectivity index (χ1) is 7.85. The molecule has 0 fully saturated rings. The fraction of sp³-hybridized carbons (Fsp3) is 0.556. The van der Waals surface area contributed by atoms with Crippen molar-refractivity contribution in [2.75, 3.05) is 11.9 Å². The van der Waals surface area contributed by atoms with E-state index in [0.717, 1.165) is 0 Å². The summed E-state index contributed by atoms with van der Waals surface area (Å²) in [5.74, 6) is 0. The van der Waals surface area contributed by atoms with Gasteiger partial charge >= 0.3 is 6.18 Å². The number of aromatic nitrogens is 2. The van der Waals surface area contributed by atoms with Crippen molar-refractivity contribution in [1.82, 2.24) is 9.78 Å². The van der Waals surface area contributed by atoms with E-state index in [0.29, 0.717) is 13.0 Å². The van der Waals surface area contributed by atoms with Crippen LogP contribution in [0.25, 0.3) is 0 Å². The third-order valence-corrected chi connectivity index (χ3v) is 2.67. The van der Waals surface area contributed by atoms with Gasteiger partial charge in [-0.25, -0.2) is 4.68 Å². The van der Waals surface area contributed by atoms with Gasteiger partial charge in [-0.05, 0) is 22.4 Å². The Kier molecular flexibility index (Phi) is 4.55. The van der Waals surface area contributed by atoms with E-state index >= 15 is 0 Å². The van der Waals surface area contributed by atoms with Crippen LogP contribution in [0.1, 0.15) is 13.3 Å². The molecule has 0 aliphatic heterocycles. The molecule has 0 aliphatic rings. The summed E-state index contributed by atoms with van der Waals surface area (Å²) in [6, 6.07) is 0. The zero-order valence-corrected chi connectivity index (χ0v) is 10.6. The van der Waals surface area contributed by atoms with Crippen LogP contribution in [-0.4, -0.2) is 22.5 Å². The molecule has 17 heavy (non-hydrogen) atoms. The summed E-state index contributed by atoms with van der Waals surface area (Å²) in [6.45, 7) is 1.10. The van der Waals surface area contributed by atoms with Gasteiger partial charge in [-0.2, -0.15) is 18.3 Å². The molecule has 1 aromatic rings. The van der Waals surface area contributed by atoms with Crippen LogP contribution in [0.2, 0.25) is 0 Å². The van der Waals surface area contributed by atoms with Crippen LogP contribution in [0.4, 0.5) is 18.9 Å². The zero-order chi connectivity index (χ0) is 13.1. The van der Waals surface area contributed by atoms with Gasteiger partial charge in [0.2, 0.25) is 0 Å². The number of rotatable bonds is 4. The third-order valence-electron chi connectivity index (χ3n) is 1.90. The van der Waals surface area contributed by atoms with E-state index < -0.39 is 18.3 Å². The lowest BCUT2D eigenvalue weighted by molar-refractivity contribution is -0.115. The van der Waals surface area contributed by atoms with Gasteiger partial charge in [0.1, 0.15) is 11.0 Å². The second kappa shape index (κ2) is 5.52. The molecule has 0 radical (unpaired) electrons. The summed E-state index contributed by atoms with van der Waals surface area (Å²) in [5, 5.41) is 5.89. The van der Waals surface area contributed by atoms with E-state index in [2.05, 4.69) is 26.3 Å². The van der Waals surface area contributed by atoms with E-state index in [1.165, 1.54) is 10.9 Å². The maximum absolute atomic E-state index is 12.0. The molecule has 1 rings (SSSR count). The molecule has 1 N–H and O–H groups in total. The Balaban J connectivity index is 2.89. The Morgan fingerprint density at radius 1 is 1.53 bits per heavy atom. The lowest BCUT2D eigenvalue weighted by Crippen LogP contribution is -2.27. The van der Waals surface area contributed by atoms with Crippen molar-refractivity contribution in [2.45, 2.75) is 26.1 Å². The van der Waals surface area contributed by atoms with Gasteiger partial charge in [-0.15, -0.1) is 0 Å². The Morgan fingerprint density at radius 3 is 2.71 bits per heavy atom. The van der Waals surface area contributed by atoms with Crippen molar-refractivity contribution in [3.05, 3.63) is 21.0 Å². The number of aryl methyl sites for hydroxylation is 1. The third kappa shape index (κ3) is 4.03. The van der Waals surface area contributed by atoms with Crippen molar-refractivity contribution < 1.29 is 13.2 Å². The fourth-order valence-electron chi connectivity index (χ4n) is 1.15. The minimum Gasteiger partial charge on any atom is -0.374 e. The van der Waals surface area contributed by atoms with E-state index in [1.54, 1.807) is 0 Å². The number of nitrogens with one attached hydrogen (secondary N) is 1. The molecular weight excluding hydrogens is 303 g/mol. The van der Waals surface area contributed by atoms with Gasteiger partial charge in [0.25, 0.3) is 5.56 Å². The van der Waals surface area contributed by atoms with Gasteiger partial charge in [0, 0.05) is 6.54 Å². The normalized spacial score (nSPS) is 11.6. The molecule has 0 spiro atoms. The summed E-state index contributed by atoms with van der Waals surface area (Å²) in [6.07, 6.45) is -2.42. The van der Waals surface area contributed by atoms with E-state index in [1.807, 2.05) is 6.92 Å². The van der Waals surface area contributed by atoms with Crippen molar-refractivity contribution in [3.63, 3.8) is 0 Å². The van der Waals surface area contributed by atoms with Crippen molar-refractivity contribution in [3.8, 4) is 0 Å². The topological polar surface area (TPSA) is 46.9 Å². The van der Waals surface area contributed by atoms with Crippen LogP contribution in [0.3, 0.4) is 0 Å². The average molecular weight is 314 g/mol. The predicted molar refractivity (Wildman–Crippen MR) is 61.0 cm³/mol. The summed E-state index contributed by atoms with van der Waals surface area (Å²) < 4.78 is 37.2. The van der Waals surface area contributed by atoms with Crippen LogP contribution in [0, 0.1) is 0 Å². The Morgan fingerprint density at radius 2 is 2.18 bits per heavy atom. The molecule has 0 aromatic carbocycles. The van der Waals surface area contributed by atoms with Gasteiger partial charge in [0.15, 0.2) is 0 Å². The highest BCUT2D eigenvalue weighted by Crippen LogP contribution is 2.20. The smallest absolute Gasteiger partial charge is 0.374 e. The number of alkyl halides is 3. The maximum atomic E-state index is 12.0. The molecule has 1 heterocycles. The molecule has 4 nitrogen and oxygen atoms in total. The number of hydrogen-bond acceptors (Lipinski definition) is 3. The monoisotopic (exact) mass is 313 g/mol. The van der Waals surface area contributed by atoms with Gasteiger partial charge < -0.3 is 5.32 Å². The summed E-state index contributed by atoms with van der Waals surface area (Å²) in [4.78, 5) is 11.6. The highest BCUT2D eigenvalue weighted by molar-refractivity contribution is 9.10. The minimum atomic E-state index is -4.34. The fourth-order valence-corrected chi connectivity index (χ4v) is 1.60. The molecule has 0 bridgehead atoms. The number of nitrogens with zero attached hydrogens (tertiary/aromatic N) is 2. The van der Waals surface area contributed by atoms with Crippen molar-refractivity contribution in [1.29, 1.82) is 0 Å². The molecule has 0 unspecified atom stereocenters. The Labute approximate surface area is 104 Å². The highest BCUT2D eigenvalue weighted by Gasteiger charge is 2.27. The van der Waals surface area contributed by atoms with E-state index in [4.69, 9.17) is 0 Å². The second-order valence-electron chi connectivity index (χ2n) is 3.37. The highest BCUT2D eigenvalue weighted by atomic mass is 79.9. The van der Waals surface area contributed by atoms with Gasteiger partial charge in [0.05, 0.1) is 11.9 Å². The average Bonchev–Trinajstić information content (AvgIpc) is 2.23. The van der Waals surface area contributed by atoms with Crippen LogP contribution in [0.5, 0.6) is 0 Å². The summed E-state index contributed by atoms with van der Waals surface area (Å²) in [7, 11) is 0. The zero-order valence-electron chi connectivity index (χ0n) is 9.01. The van der Waals surface area contributed by atoms with Crippen LogP contribution < -0.4 is 10.9 Å². The van der Waals surface area contributed by atoms with Crippen LogP contribution in [-0.2, 0) is 6.54 Å². The van der Waals surface area contributed by atoms with Crippen LogP contribution in [0.15, 0.2) is 15.5 Å². The molecular formula is C9H11BrF3N3O. The maximum Gasteiger partial charge on any atom is 0.405 e. The Bertz CT molecular complexity index is 444. The number of hydrogen-bond donors (Lipinski definition) is 1. The molecule has 0 saturated heterocycles. The van der Waals surface area contributed by atoms with Crippen molar-refractivity contribution >= 4 is 21.6 Å². The van der Waals surface area contributed by atoms with Gasteiger partial charge in [-0.3, -0.25) is 4.79 Å². The van der Waals surface area contributed by atoms with E-state index in [9.17, 15) is 18.0 Å². The largest absolute Gasteiger partial charge is 0.405 e. The molecule has 0 amide bonds. The summed E-state index contributed by atoms with van der Waals surface area (Å²) in [5.41, 5.74) is -0.404. The van der Waals surface area contributed by atoms with Crippen molar-refractivity contribution in [2.24, 2.45) is 0 Å². The van der Waals surface area contributed by atoms with E-state index in [-0.39, 0.29) is 10.2 Å². The lowest BCUT2D eigenvalue weighted by Gasteiger charge is -2.11. The SMILES string of the molecule is CCCn1ncc(NCC(F)(F)F)c(Br)c1=O. The molecule has 1 aromatic heterocycles. The first-order valence-corrected chi connectivity index (χ1v) is 5.70. The second-order valence-corrected chi connectivity index (χ2v) is 4.16. The number of halogens is 4. The molecule has 0 saturated carbocycles. The Hall–Kier alpha value is -1.05. The first kappa shape index (κ1) is 14.0. The van der Waals surface area contributed by atoms with Gasteiger partial charge in [-0.1, -0.05) is 6.92 Å². The molecule has 0 aliphatic carbocycles. The molecule has 8 heteroatoms. The molecule has 96 valence electrons. The minimum absolute atomic E-state index is 0.0414. The lowest BCUT2D eigenvalue weighted by atomic mass is 10.4. The standard InChI is InChI=1S/C9H11BrF3N3O/c1-2-3-16-8(17)7(10)6(4-15-16)14-5-9(11,12)13/h4,14H,2-3,5H2,1H3. The predicted octanol–water partition coefficient (Wildman–Crippen LogP) is 2.39.